The van der Waals surface area contributed by atoms with Gasteiger partial charge in [-0.2, -0.15) is 0 Å². The number of carbonyl (C=O) groups excluding carboxylic acids is 2. The van der Waals surface area contributed by atoms with E-state index in [1.54, 1.807) is 0 Å². The minimum absolute atomic E-state index is 0.301. The van der Waals surface area contributed by atoms with E-state index < -0.39 is 31.6 Å². The van der Waals surface area contributed by atoms with Crippen LogP contribution in [0.5, 0.6) is 0 Å². The minimum atomic E-state index is -4.10. The van der Waals surface area contributed by atoms with Gasteiger partial charge in [-0.05, 0) is 73.6 Å². The van der Waals surface area contributed by atoms with E-state index in [9.17, 15) is 15.7 Å². The fraction of sp³-hybridized carbons (Fsp3) is 0.805. The average molecular weight is 770 g/mol. The molecule has 0 heterocycles. The van der Waals surface area contributed by atoms with Gasteiger partial charge in [0, 0.05) is 6.92 Å². The minimum Gasteiger partial charge on any atom is -0.293 e. The first kappa shape index (κ1) is 43.7. The van der Waals surface area contributed by atoms with Crippen molar-refractivity contribution >= 4 is 31.6 Å². The molecule has 0 aliphatic carbocycles. The Hall–Kier alpha value is -1.31. The number of imide groups is 1. The summed E-state index contributed by atoms with van der Waals surface area (Å²) in [6.07, 6.45) is 31.1. The van der Waals surface area contributed by atoms with Crippen LogP contribution in [0.1, 0.15) is 221 Å². The number of halogens is 1. The molecule has 0 saturated heterocycles. The van der Waals surface area contributed by atoms with Gasteiger partial charge in [0.25, 0.3) is 5.91 Å². The standard InChI is InChI=1S/C41H72INO4/c1-6-10-14-18-22-26-30-35-36(31-27-23-19-15-11-7-2)38(33-29-25-21-17-13-9-4)40(42(46)47)39(41(45)43-34(5)44)37(35)32-28-24-20-16-12-8-3/h6-33H2,1-5H3,(H,43,44,45). The number of benzene rings is 1. The summed E-state index contributed by atoms with van der Waals surface area (Å²) in [4.78, 5) is 26.0. The molecular formula is C41H72INO4. The lowest BCUT2D eigenvalue weighted by Gasteiger charge is -2.25. The zero-order valence-corrected chi connectivity index (χ0v) is 33.5. The normalized spacial score (nSPS) is 11.4. The Balaban J connectivity index is 3.74. The van der Waals surface area contributed by atoms with Gasteiger partial charge < -0.3 is 0 Å². The van der Waals surface area contributed by atoms with E-state index in [0.717, 1.165) is 88.2 Å². The summed E-state index contributed by atoms with van der Waals surface area (Å²) in [6, 6.07) is 0. The lowest BCUT2D eigenvalue weighted by atomic mass is 9.82. The predicted molar refractivity (Wildman–Crippen MR) is 207 cm³/mol. The van der Waals surface area contributed by atoms with Gasteiger partial charge in [-0.15, -0.1) is 0 Å². The van der Waals surface area contributed by atoms with Crippen molar-refractivity contribution in [3.8, 4) is 0 Å². The molecule has 5 nitrogen and oxygen atoms in total. The van der Waals surface area contributed by atoms with Crippen LogP contribution in [-0.4, -0.2) is 11.8 Å². The fourth-order valence-corrected chi connectivity index (χ4v) is 9.17. The smallest absolute Gasteiger partial charge is 0.293 e. The number of hydrogen-bond donors (Lipinski definition) is 1. The van der Waals surface area contributed by atoms with E-state index in [1.165, 1.54) is 108 Å². The Bertz CT molecular complexity index is 1070. The van der Waals surface area contributed by atoms with Crippen LogP contribution in [0, 0.1) is 3.57 Å². The van der Waals surface area contributed by atoms with E-state index in [0.29, 0.717) is 22.0 Å². The van der Waals surface area contributed by atoms with Crippen LogP contribution in [0.4, 0.5) is 0 Å². The first-order chi connectivity index (χ1) is 22.8. The second-order valence-electron chi connectivity index (χ2n) is 13.9. The van der Waals surface area contributed by atoms with Gasteiger partial charge in [-0.1, -0.05) is 156 Å². The Labute approximate surface area is 297 Å². The molecule has 2 amide bonds. The molecule has 0 spiro atoms. The molecule has 0 atom stereocenters. The van der Waals surface area contributed by atoms with Gasteiger partial charge >= 0.3 is 19.8 Å². The van der Waals surface area contributed by atoms with Gasteiger partial charge in [-0.3, -0.25) is 14.9 Å². The summed E-state index contributed by atoms with van der Waals surface area (Å²) in [7, 11) is 0. The number of rotatable bonds is 30. The quantitative estimate of drug-likeness (QED) is 0.0624. The van der Waals surface area contributed by atoms with Crippen molar-refractivity contribution in [1.29, 1.82) is 0 Å². The highest BCUT2D eigenvalue weighted by Crippen LogP contribution is 2.38. The van der Waals surface area contributed by atoms with Crippen molar-refractivity contribution in [3.63, 3.8) is 0 Å². The Morgan fingerprint density at radius 2 is 0.745 bits per heavy atom. The van der Waals surface area contributed by atoms with Gasteiger partial charge in [0.05, 0.1) is 9.13 Å². The summed E-state index contributed by atoms with van der Waals surface area (Å²) in [5, 5.41) is 2.51. The van der Waals surface area contributed by atoms with Gasteiger partial charge in [0.15, 0.2) is 0 Å². The maximum atomic E-state index is 13.9. The summed E-state index contributed by atoms with van der Waals surface area (Å²) >= 11 is -4.10. The summed E-state index contributed by atoms with van der Waals surface area (Å²) in [6.45, 7) is 10.3. The molecule has 0 unspecified atom stereocenters. The van der Waals surface area contributed by atoms with Crippen LogP contribution in [0.2, 0.25) is 0 Å². The zero-order chi connectivity index (χ0) is 34.7. The highest BCUT2D eigenvalue weighted by atomic mass is 127. The molecule has 0 saturated carbocycles. The Morgan fingerprint density at radius 3 is 1.09 bits per heavy atom. The van der Waals surface area contributed by atoms with E-state index in [4.69, 9.17) is 0 Å². The number of hydrogen-bond acceptors (Lipinski definition) is 4. The number of nitrogens with one attached hydrogen (secondary N) is 1. The Morgan fingerprint density at radius 1 is 0.447 bits per heavy atom. The molecule has 1 N–H and O–H groups in total. The zero-order valence-electron chi connectivity index (χ0n) is 31.3. The van der Waals surface area contributed by atoms with E-state index in [2.05, 4.69) is 33.0 Å². The number of amides is 2. The molecule has 1 aromatic carbocycles. The van der Waals surface area contributed by atoms with E-state index >= 15 is 0 Å². The third-order valence-electron chi connectivity index (χ3n) is 9.67. The summed E-state index contributed by atoms with van der Waals surface area (Å²) in [5.41, 5.74) is 4.67. The second kappa shape index (κ2) is 28.5. The van der Waals surface area contributed by atoms with Gasteiger partial charge in [-0.25, -0.2) is 6.14 Å². The third kappa shape index (κ3) is 18.3. The first-order valence-electron chi connectivity index (χ1n) is 19.9. The maximum absolute atomic E-state index is 13.9. The average Bonchev–Trinajstić information content (AvgIpc) is 3.04. The molecule has 0 aliphatic heterocycles. The molecule has 1 aromatic rings. The van der Waals surface area contributed by atoms with Crippen LogP contribution < -0.4 is 5.32 Å². The molecule has 6 heteroatoms. The SMILES string of the molecule is CCCCCCCCc1c(CCCCCCCC)c(CCCCCCCC)c(I(=O)=O)c(C(=O)NC(C)=O)c1CCCCCCCC. The molecule has 0 aliphatic rings. The topological polar surface area (TPSA) is 80.3 Å². The highest BCUT2D eigenvalue weighted by Gasteiger charge is 2.29. The van der Waals surface area contributed by atoms with Gasteiger partial charge in [0.2, 0.25) is 5.91 Å². The van der Waals surface area contributed by atoms with Gasteiger partial charge in [0.1, 0.15) is 0 Å². The highest BCUT2D eigenvalue weighted by molar-refractivity contribution is 14.2. The Kier molecular flexibility index (Phi) is 26.5. The molecule has 1 rings (SSSR count). The van der Waals surface area contributed by atoms with Crippen LogP contribution in [-0.2, 0) is 36.6 Å². The van der Waals surface area contributed by atoms with Crippen molar-refractivity contribution in [1.82, 2.24) is 5.32 Å². The maximum Gasteiger partial charge on any atom is 0.341 e. The monoisotopic (exact) mass is 769 g/mol. The van der Waals surface area contributed by atoms with E-state index in [1.807, 2.05) is 0 Å². The molecule has 0 bridgehead atoms. The van der Waals surface area contributed by atoms with E-state index in [-0.39, 0.29) is 0 Å². The molecular weight excluding hydrogens is 697 g/mol. The largest absolute Gasteiger partial charge is 0.341 e. The lowest BCUT2D eigenvalue weighted by molar-refractivity contribution is -0.118. The van der Waals surface area contributed by atoms with Crippen molar-refractivity contribution in [2.75, 3.05) is 0 Å². The predicted octanol–water partition coefficient (Wildman–Crippen LogP) is 12.9. The second-order valence-corrected chi connectivity index (χ2v) is 16.2. The molecule has 47 heavy (non-hydrogen) atoms. The van der Waals surface area contributed by atoms with Crippen LogP contribution in [0.25, 0.3) is 0 Å². The summed E-state index contributed by atoms with van der Waals surface area (Å²) < 4.78 is 27.0. The molecule has 0 fully saturated rings. The van der Waals surface area contributed by atoms with Crippen LogP contribution >= 0.6 is 19.8 Å². The van der Waals surface area contributed by atoms with Crippen LogP contribution in [0.15, 0.2) is 0 Å². The molecule has 272 valence electrons. The summed E-state index contributed by atoms with van der Waals surface area (Å²) in [5.74, 6) is -0.947. The number of carbonyl (C=O) groups is 2. The third-order valence-corrected chi connectivity index (χ3v) is 11.7. The van der Waals surface area contributed by atoms with Crippen molar-refractivity contribution in [2.24, 2.45) is 0 Å². The number of unbranched alkanes of at least 4 members (excludes halogenated alkanes) is 20. The fourth-order valence-electron chi connectivity index (χ4n) is 7.03. The van der Waals surface area contributed by atoms with Crippen LogP contribution in [0.3, 0.4) is 0 Å². The van der Waals surface area contributed by atoms with Crippen molar-refractivity contribution < 1.29 is 15.7 Å². The lowest BCUT2D eigenvalue weighted by Crippen LogP contribution is -2.31. The molecule has 0 radical (unpaired) electrons. The van der Waals surface area contributed by atoms with Crippen molar-refractivity contribution in [2.45, 2.75) is 214 Å². The first-order valence-corrected chi connectivity index (χ1v) is 22.7. The molecule has 0 aromatic heterocycles. The van der Waals surface area contributed by atoms with Crippen molar-refractivity contribution in [3.05, 3.63) is 31.4 Å².